The highest BCUT2D eigenvalue weighted by Crippen LogP contribution is 2.31. The van der Waals surface area contributed by atoms with Crippen molar-refractivity contribution in [2.45, 2.75) is 25.5 Å². The predicted octanol–water partition coefficient (Wildman–Crippen LogP) is 2.10. The van der Waals surface area contributed by atoms with Crippen molar-refractivity contribution in [2.24, 2.45) is 5.73 Å². The van der Waals surface area contributed by atoms with Gasteiger partial charge in [0.1, 0.15) is 11.9 Å². The second kappa shape index (κ2) is 3.31. The Morgan fingerprint density at radius 3 is 3.08 bits per heavy atom. The van der Waals surface area contributed by atoms with E-state index in [1.165, 1.54) is 5.56 Å². The molecule has 3 heteroatoms. The van der Waals surface area contributed by atoms with Gasteiger partial charge in [-0.3, -0.25) is 0 Å². The molecular formula is C10H12BrNO. The van der Waals surface area contributed by atoms with Gasteiger partial charge in [0.2, 0.25) is 0 Å². The van der Waals surface area contributed by atoms with Crippen molar-refractivity contribution in [2.75, 3.05) is 0 Å². The molecule has 1 heterocycles. The largest absolute Gasteiger partial charge is 0.488 e. The number of ether oxygens (including phenoxy) is 1. The number of hydrogen-bond donors (Lipinski definition) is 1. The van der Waals surface area contributed by atoms with Gasteiger partial charge in [0, 0.05) is 16.9 Å². The highest BCUT2D eigenvalue weighted by atomic mass is 79.9. The second-order valence-electron chi connectivity index (χ2n) is 3.47. The van der Waals surface area contributed by atoms with Gasteiger partial charge >= 0.3 is 0 Å². The van der Waals surface area contributed by atoms with Crippen molar-refractivity contribution in [3.05, 3.63) is 28.2 Å². The van der Waals surface area contributed by atoms with Gasteiger partial charge in [-0.05, 0) is 30.7 Å². The van der Waals surface area contributed by atoms with E-state index in [0.717, 1.165) is 16.6 Å². The van der Waals surface area contributed by atoms with Crippen LogP contribution in [0.3, 0.4) is 0 Å². The van der Waals surface area contributed by atoms with Crippen LogP contribution in [0.25, 0.3) is 0 Å². The van der Waals surface area contributed by atoms with E-state index in [1.54, 1.807) is 0 Å². The van der Waals surface area contributed by atoms with E-state index in [0.29, 0.717) is 0 Å². The molecule has 1 aliphatic rings. The quantitative estimate of drug-likeness (QED) is 0.818. The molecule has 1 aromatic rings. The topological polar surface area (TPSA) is 35.2 Å². The maximum absolute atomic E-state index is 5.78. The molecular weight excluding hydrogens is 230 g/mol. The van der Waals surface area contributed by atoms with Gasteiger partial charge < -0.3 is 10.5 Å². The lowest BCUT2D eigenvalue weighted by Gasteiger charge is -2.13. The predicted molar refractivity (Wildman–Crippen MR) is 55.9 cm³/mol. The van der Waals surface area contributed by atoms with Crippen LogP contribution in [0, 0.1) is 0 Å². The first kappa shape index (κ1) is 9.03. The Balaban J connectivity index is 2.25. The molecule has 0 aromatic heterocycles. The van der Waals surface area contributed by atoms with E-state index in [4.69, 9.17) is 10.5 Å². The minimum atomic E-state index is 0.0891. The molecule has 0 saturated carbocycles. The van der Waals surface area contributed by atoms with Crippen LogP contribution < -0.4 is 10.5 Å². The number of fused-ring (bicyclic) bond motifs is 1. The molecule has 0 radical (unpaired) electrons. The van der Waals surface area contributed by atoms with Crippen LogP contribution in [0.1, 0.15) is 12.5 Å². The van der Waals surface area contributed by atoms with Crippen LogP contribution in [-0.2, 0) is 6.42 Å². The van der Waals surface area contributed by atoms with Gasteiger partial charge in [-0.1, -0.05) is 15.9 Å². The molecule has 0 spiro atoms. The van der Waals surface area contributed by atoms with E-state index in [2.05, 4.69) is 22.0 Å². The molecule has 2 rings (SSSR count). The molecule has 1 aliphatic heterocycles. The minimum Gasteiger partial charge on any atom is -0.488 e. The summed E-state index contributed by atoms with van der Waals surface area (Å²) in [7, 11) is 0. The Hall–Kier alpha value is -0.540. The van der Waals surface area contributed by atoms with E-state index < -0.39 is 0 Å². The van der Waals surface area contributed by atoms with Gasteiger partial charge in [-0.25, -0.2) is 0 Å². The summed E-state index contributed by atoms with van der Waals surface area (Å²) in [4.78, 5) is 0. The van der Waals surface area contributed by atoms with Crippen LogP contribution >= 0.6 is 15.9 Å². The number of benzene rings is 1. The van der Waals surface area contributed by atoms with Gasteiger partial charge in [0.25, 0.3) is 0 Å². The first-order valence-electron chi connectivity index (χ1n) is 4.37. The fraction of sp³-hybridized carbons (Fsp3) is 0.400. The fourth-order valence-corrected chi connectivity index (χ4v) is 1.95. The third-order valence-electron chi connectivity index (χ3n) is 2.31. The van der Waals surface area contributed by atoms with Crippen molar-refractivity contribution in [3.8, 4) is 5.75 Å². The summed E-state index contributed by atoms with van der Waals surface area (Å²) >= 11 is 3.44. The van der Waals surface area contributed by atoms with E-state index >= 15 is 0 Å². The summed E-state index contributed by atoms with van der Waals surface area (Å²) in [5, 5.41) is 0. The third-order valence-corrected chi connectivity index (χ3v) is 2.80. The zero-order chi connectivity index (χ0) is 9.42. The second-order valence-corrected chi connectivity index (χ2v) is 4.39. The smallest absolute Gasteiger partial charge is 0.123 e. The van der Waals surface area contributed by atoms with Crippen molar-refractivity contribution in [1.29, 1.82) is 0 Å². The summed E-state index contributed by atoms with van der Waals surface area (Å²) in [6.07, 6.45) is 1.07. The normalized spacial score (nSPS) is 22.2. The average molecular weight is 242 g/mol. The Labute approximate surface area is 86.2 Å². The van der Waals surface area contributed by atoms with Gasteiger partial charge in [0.05, 0.1) is 0 Å². The number of nitrogens with two attached hydrogens (primary N) is 1. The average Bonchev–Trinajstić information content (AvgIpc) is 2.46. The molecule has 0 aliphatic carbocycles. The van der Waals surface area contributed by atoms with Gasteiger partial charge in [0.15, 0.2) is 0 Å². The number of hydrogen-bond acceptors (Lipinski definition) is 2. The molecule has 2 unspecified atom stereocenters. The Morgan fingerprint density at radius 1 is 1.62 bits per heavy atom. The van der Waals surface area contributed by atoms with Gasteiger partial charge in [-0.15, -0.1) is 0 Å². The van der Waals surface area contributed by atoms with Crippen LogP contribution in [0.4, 0.5) is 0 Å². The lowest BCUT2D eigenvalue weighted by molar-refractivity contribution is 0.206. The minimum absolute atomic E-state index is 0.0891. The molecule has 0 bridgehead atoms. The molecule has 2 atom stereocenters. The van der Waals surface area contributed by atoms with Crippen molar-refractivity contribution >= 4 is 15.9 Å². The number of halogens is 1. The van der Waals surface area contributed by atoms with E-state index in [9.17, 15) is 0 Å². The summed E-state index contributed by atoms with van der Waals surface area (Å²) < 4.78 is 6.77. The highest BCUT2D eigenvalue weighted by molar-refractivity contribution is 9.10. The van der Waals surface area contributed by atoms with E-state index in [1.807, 2.05) is 19.1 Å². The monoisotopic (exact) mass is 241 g/mol. The standard InChI is InChI=1S/C10H12BrNO/c1-6(12)10-5-7-4-8(11)2-3-9(7)13-10/h2-4,6,10H,5,12H2,1H3. The van der Waals surface area contributed by atoms with E-state index in [-0.39, 0.29) is 12.1 Å². The molecule has 2 nitrogen and oxygen atoms in total. The Bertz CT molecular complexity index is 325. The molecule has 2 N–H and O–H groups in total. The number of rotatable bonds is 1. The van der Waals surface area contributed by atoms with Crippen molar-refractivity contribution in [3.63, 3.8) is 0 Å². The molecule has 13 heavy (non-hydrogen) atoms. The Morgan fingerprint density at radius 2 is 2.38 bits per heavy atom. The zero-order valence-electron chi connectivity index (χ0n) is 7.46. The van der Waals surface area contributed by atoms with Crippen molar-refractivity contribution in [1.82, 2.24) is 0 Å². The summed E-state index contributed by atoms with van der Waals surface area (Å²) in [5.74, 6) is 0.977. The lowest BCUT2D eigenvalue weighted by atomic mass is 10.1. The Kier molecular flexibility index (Phi) is 2.30. The van der Waals surface area contributed by atoms with Crippen molar-refractivity contribution < 1.29 is 4.74 Å². The fourth-order valence-electron chi connectivity index (χ4n) is 1.54. The summed E-state index contributed by atoms with van der Waals surface area (Å²) in [6, 6.07) is 6.16. The van der Waals surface area contributed by atoms with Crippen LogP contribution in [0.2, 0.25) is 0 Å². The maximum atomic E-state index is 5.78. The maximum Gasteiger partial charge on any atom is 0.123 e. The molecule has 0 fully saturated rings. The lowest BCUT2D eigenvalue weighted by Crippen LogP contribution is -2.34. The summed E-state index contributed by atoms with van der Waals surface area (Å²) in [5.41, 5.74) is 7.03. The van der Waals surface area contributed by atoms with Crippen LogP contribution in [0.15, 0.2) is 22.7 Å². The van der Waals surface area contributed by atoms with Crippen LogP contribution in [0.5, 0.6) is 5.75 Å². The molecule has 0 amide bonds. The molecule has 1 aromatic carbocycles. The first-order chi connectivity index (χ1) is 6.16. The highest BCUT2D eigenvalue weighted by Gasteiger charge is 2.25. The SMILES string of the molecule is CC(N)C1Cc2cc(Br)ccc2O1. The first-order valence-corrected chi connectivity index (χ1v) is 5.17. The van der Waals surface area contributed by atoms with Gasteiger partial charge in [-0.2, -0.15) is 0 Å². The zero-order valence-corrected chi connectivity index (χ0v) is 9.04. The third kappa shape index (κ3) is 1.71. The summed E-state index contributed by atoms with van der Waals surface area (Å²) in [6.45, 7) is 1.98. The van der Waals surface area contributed by atoms with Crippen LogP contribution in [-0.4, -0.2) is 12.1 Å². The molecule has 0 saturated heterocycles. The molecule has 70 valence electrons.